The van der Waals surface area contributed by atoms with Crippen LogP contribution in [0, 0.1) is 5.82 Å². The molecule has 184 valence electrons. The third-order valence-corrected chi connectivity index (χ3v) is 8.26. The van der Waals surface area contributed by atoms with Crippen LogP contribution in [0.2, 0.25) is 0 Å². The van der Waals surface area contributed by atoms with Gasteiger partial charge in [-0.15, -0.1) is 0 Å². The van der Waals surface area contributed by atoms with Crippen molar-refractivity contribution in [2.24, 2.45) is 0 Å². The molecule has 2 aliphatic rings. The van der Waals surface area contributed by atoms with Crippen LogP contribution in [0.3, 0.4) is 0 Å². The van der Waals surface area contributed by atoms with Gasteiger partial charge in [-0.05, 0) is 37.8 Å². The molecule has 1 amide bonds. The molecule has 0 bridgehead atoms. The van der Waals surface area contributed by atoms with E-state index in [2.05, 4.69) is 15.3 Å². The van der Waals surface area contributed by atoms with Crippen molar-refractivity contribution in [2.45, 2.75) is 42.7 Å². The van der Waals surface area contributed by atoms with Gasteiger partial charge in [-0.1, -0.05) is 12.1 Å². The molecule has 0 saturated carbocycles. The second-order valence-electron chi connectivity index (χ2n) is 8.79. The Morgan fingerprint density at radius 2 is 1.88 bits per heavy atom. The molecule has 3 N–H and O–H groups in total. The third kappa shape index (κ3) is 4.64. The van der Waals surface area contributed by atoms with Crippen molar-refractivity contribution in [2.75, 3.05) is 49.7 Å². The zero-order valence-electron chi connectivity index (χ0n) is 19.3. The molecule has 10 nitrogen and oxygen atoms in total. The van der Waals surface area contributed by atoms with Gasteiger partial charge in [-0.25, -0.2) is 22.7 Å². The van der Waals surface area contributed by atoms with Crippen molar-refractivity contribution in [1.29, 1.82) is 0 Å². The van der Waals surface area contributed by atoms with Crippen molar-refractivity contribution >= 4 is 33.3 Å². The number of hydrogen-bond donors (Lipinski definition) is 2. The van der Waals surface area contributed by atoms with Gasteiger partial charge >= 0.3 is 0 Å². The number of nitrogens with two attached hydrogens (primary N) is 1. The number of rotatable bonds is 6. The first-order valence-electron chi connectivity index (χ1n) is 11.3. The summed E-state index contributed by atoms with van der Waals surface area (Å²) in [4.78, 5) is 25.0. The van der Waals surface area contributed by atoms with Crippen LogP contribution in [0.4, 0.5) is 21.7 Å². The number of carbonyl (C=O) groups is 1. The fourth-order valence-corrected chi connectivity index (χ4v) is 5.64. The number of sulfonamides is 1. The topological polar surface area (TPSA) is 125 Å². The summed E-state index contributed by atoms with van der Waals surface area (Å²) in [6.45, 7) is 1.66. The SMILES string of the molecule is CN(C)S(=O)(=O)c1ccccc1NC1CCCN([C@@H]2CCCN(c3ncnc(N)c3F)C2)C1=O. The molecule has 1 unspecified atom stereocenters. The van der Waals surface area contributed by atoms with Crippen LogP contribution in [-0.2, 0) is 14.8 Å². The van der Waals surface area contributed by atoms with Crippen molar-refractivity contribution in [1.82, 2.24) is 19.2 Å². The Kier molecular flexibility index (Phi) is 6.89. The molecule has 0 radical (unpaired) electrons. The fourth-order valence-electron chi connectivity index (χ4n) is 4.59. The van der Waals surface area contributed by atoms with Crippen LogP contribution in [-0.4, -0.2) is 79.3 Å². The predicted molar refractivity (Wildman–Crippen MR) is 127 cm³/mol. The molecule has 2 atom stereocenters. The number of piperidine rings is 2. The van der Waals surface area contributed by atoms with E-state index in [9.17, 15) is 17.6 Å². The van der Waals surface area contributed by atoms with Crippen molar-refractivity contribution < 1.29 is 17.6 Å². The van der Waals surface area contributed by atoms with Gasteiger partial charge in [0.2, 0.25) is 21.7 Å². The summed E-state index contributed by atoms with van der Waals surface area (Å²) in [5, 5.41) is 3.18. The number of anilines is 3. The van der Waals surface area contributed by atoms with E-state index in [0.29, 0.717) is 31.7 Å². The Bertz CT molecular complexity index is 1160. The number of halogens is 1. The molecule has 2 aromatic rings. The largest absolute Gasteiger partial charge is 0.381 e. The standard InChI is InChI=1S/C22H30FN7O3S/c1-28(2)34(32,33)18-10-4-3-8-16(18)27-17-9-6-12-30(22(17)31)15-7-5-11-29(13-15)21-19(23)20(24)25-14-26-21/h3-4,8,10,14-15,17,27H,5-7,9,11-13H2,1-2H3,(H2,24,25,26)/t15-,17?/m1/s1. The number of hydrogen-bond acceptors (Lipinski definition) is 8. The maximum Gasteiger partial charge on any atom is 0.245 e. The summed E-state index contributed by atoms with van der Waals surface area (Å²) in [5.41, 5.74) is 6.01. The van der Waals surface area contributed by atoms with Gasteiger partial charge in [0, 0.05) is 39.8 Å². The van der Waals surface area contributed by atoms with Crippen LogP contribution in [0.1, 0.15) is 25.7 Å². The molecule has 3 heterocycles. The highest BCUT2D eigenvalue weighted by Gasteiger charge is 2.36. The summed E-state index contributed by atoms with van der Waals surface area (Å²) < 4.78 is 41.1. The molecular formula is C22H30FN7O3S. The lowest BCUT2D eigenvalue weighted by Crippen LogP contribution is -2.56. The molecule has 1 aromatic heterocycles. The Labute approximate surface area is 199 Å². The summed E-state index contributed by atoms with van der Waals surface area (Å²) >= 11 is 0. The zero-order valence-corrected chi connectivity index (χ0v) is 20.1. The first-order valence-corrected chi connectivity index (χ1v) is 12.7. The van der Waals surface area contributed by atoms with Crippen molar-refractivity contribution in [3.8, 4) is 0 Å². The number of nitrogens with zero attached hydrogens (tertiary/aromatic N) is 5. The zero-order chi connectivity index (χ0) is 24.5. The molecule has 2 fully saturated rings. The van der Waals surface area contributed by atoms with Gasteiger partial charge in [0.05, 0.1) is 5.69 Å². The number of para-hydroxylation sites is 1. The van der Waals surface area contributed by atoms with Gasteiger partial charge < -0.3 is 20.9 Å². The Morgan fingerprint density at radius 3 is 2.65 bits per heavy atom. The summed E-state index contributed by atoms with van der Waals surface area (Å²) in [6, 6.07) is 5.95. The molecule has 1 aromatic carbocycles. The van der Waals surface area contributed by atoms with E-state index in [1.54, 1.807) is 18.2 Å². The van der Waals surface area contributed by atoms with E-state index in [1.165, 1.54) is 26.5 Å². The van der Waals surface area contributed by atoms with E-state index in [0.717, 1.165) is 23.6 Å². The average Bonchev–Trinajstić information content (AvgIpc) is 2.82. The normalized spacial score (nSPS) is 21.7. The van der Waals surface area contributed by atoms with Gasteiger partial charge in [-0.2, -0.15) is 4.39 Å². The molecule has 0 aliphatic carbocycles. The van der Waals surface area contributed by atoms with E-state index in [-0.39, 0.29) is 28.5 Å². The van der Waals surface area contributed by atoms with Gasteiger partial charge in [0.25, 0.3) is 0 Å². The lowest BCUT2D eigenvalue weighted by Gasteiger charge is -2.43. The van der Waals surface area contributed by atoms with Gasteiger partial charge in [0.1, 0.15) is 17.3 Å². The van der Waals surface area contributed by atoms with Gasteiger partial charge in [0.15, 0.2) is 11.6 Å². The van der Waals surface area contributed by atoms with Crippen molar-refractivity contribution in [3.05, 3.63) is 36.4 Å². The Morgan fingerprint density at radius 1 is 1.15 bits per heavy atom. The van der Waals surface area contributed by atoms with Crippen LogP contribution in [0.5, 0.6) is 0 Å². The molecule has 4 rings (SSSR count). The first kappa shape index (κ1) is 24.1. The highest BCUT2D eigenvalue weighted by molar-refractivity contribution is 7.89. The molecule has 0 spiro atoms. The van der Waals surface area contributed by atoms with E-state index < -0.39 is 21.9 Å². The highest BCUT2D eigenvalue weighted by Crippen LogP contribution is 2.29. The molecule has 2 saturated heterocycles. The van der Waals surface area contributed by atoms with E-state index in [1.807, 2.05) is 9.80 Å². The molecular weight excluding hydrogens is 461 g/mol. The molecule has 34 heavy (non-hydrogen) atoms. The monoisotopic (exact) mass is 491 g/mol. The van der Waals surface area contributed by atoms with E-state index >= 15 is 0 Å². The summed E-state index contributed by atoms with van der Waals surface area (Å²) in [6.07, 6.45) is 4.18. The maximum atomic E-state index is 14.5. The lowest BCUT2D eigenvalue weighted by molar-refractivity contribution is -0.137. The van der Waals surface area contributed by atoms with Gasteiger partial charge in [-0.3, -0.25) is 4.79 Å². The minimum atomic E-state index is -3.67. The minimum absolute atomic E-state index is 0.0853. The average molecular weight is 492 g/mol. The minimum Gasteiger partial charge on any atom is -0.381 e. The smallest absolute Gasteiger partial charge is 0.245 e. The van der Waals surface area contributed by atoms with Crippen molar-refractivity contribution in [3.63, 3.8) is 0 Å². The second kappa shape index (κ2) is 9.71. The lowest BCUT2D eigenvalue weighted by atomic mass is 9.97. The summed E-state index contributed by atoms with van der Waals surface area (Å²) in [7, 11) is -0.724. The fraction of sp³-hybridized carbons (Fsp3) is 0.500. The van der Waals surface area contributed by atoms with Crippen LogP contribution < -0.4 is 16.0 Å². The number of carbonyl (C=O) groups excluding carboxylic acids is 1. The quantitative estimate of drug-likeness (QED) is 0.623. The molecule has 2 aliphatic heterocycles. The number of nitrogen functional groups attached to an aromatic ring is 1. The number of likely N-dealkylation sites (tertiary alicyclic amines) is 1. The molecule has 12 heteroatoms. The van der Waals surface area contributed by atoms with Crippen LogP contribution >= 0.6 is 0 Å². The first-order chi connectivity index (χ1) is 16.2. The highest BCUT2D eigenvalue weighted by atomic mass is 32.2. The number of aromatic nitrogens is 2. The van der Waals surface area contributed by atoms with E-state index in [4.69, 9.17) is 5.73 Å². The summed E-state index contributed by atoms with van der Waals surface area (Å²) in [5.74, 6) is -0.778. The second-order valence-corrected chi connectivity index (χ2v) is 10.9. The third-order valence-electron chi connectivity index (χ3n) is 6.38. The number of amides is 1. The Balaban J connectivity index is 1.52. The van der Waals surface area contributed by atoms with Crippen LogP contribution in [0.15, 0.2) is 35.5 Å². The van der Waals surface area contributed by atoms with Crippen LogP contribution in [0.25, 0.3) is 0 Å². The predicted octanol–water partition coefficient (Wildman–Crippen LogP) is 1.52. The number of nitrogens with one attached hydrogen (secondary N) is 1. The maximum absolute atomic E-state index is 14.5. The number of benzene rings is 1. The Hall–Kier alpha value is -2.99.